The van der Waals surface area contributed by atoms with Crippen LogP contribution in [0.15, 0.2) is 33.6 Å². The third-order valence-corrected chi connectivity index (χ3v) is 6.12. The summed E-state index contributed by atoms with van der Waals surface area (Å²) in [6.45, 7) is 0. The van der Waals surface area contributed by atoms with E-state index in [4.69, 9.17) is 0 Å². The number of hydrogen-bond acceptors (Lipinski definition) is 4. The van der Waals surface area contributed by atoms with Gasteiger partial charge in [-0.2, -0.15) is 21.6 Å². The standard InChI is InChI=1S/C12H12F3NO4S2/c13-12(14,15)11(17)16-22(18,19)20-9-3-5-10(6-4-9)21-7-1-2-8-21/h3-6H,1-2,7-8H2. The van der Waals surface area contributed by atoms with Crippen LogP contribution in [0.25, 0.3) is 0 Å². The molecule has 0 radical (unpaired) electrons. The topological polar surface area (TPSA) is 78.8 Å². The third kappa shape index (κ3) is 4.54. The van der Waals surface area contributed by atoms with Gasteiger partial charge in [-0.25, -0.2) is 0 Å². The first-order valence-corrected chi connectivity index (χ1v) is 9.16. The molecule has 10 heteroatoms. The molecule has 0 saturated carbocycles. The highest BCUT2D eigenvalue weighted by molar-refractivity contribution is 7.97. The van der Waals surface area contributed by atoms with Crippen molar-refractivity contribution in [3.05, 3.63) is 24.3 Å². The van der Waals surface area contributed by atoms with E-state index in [1.54, 1.807) is 12.1 Å². The Hall–Kier alpha value is -1.42. The van der Waals surface area contributed by atoms with Crippen LogP contribution in [0, 0.1) is 0 Å². The average molecular weight is 355 g/mol. The Morgan fingerprint density at radius 2 is 1.73 bits per heavy atom. The fourth-order valence-corrected chi connectivity index (χ4v) is 4.87. The lowest BCUT2D eigenvalue weighted by atomic mass is 10.3. The molecule has 0 atom stereocenters. The van der Waals surface area contributed by atoms with Crippen LogP contribution in [-0.4, -0.2) is 32.0 Å². The monoisotopic (exact) mass is 355 g/mol. The summed E-state index contributed by atoms with van der Waals surface area (Å²) in [5.74, 6) is -0.760. The van der Waals surface area contributed by atoms with Crippen LogP contribution in [0.3, 0.4) is 0 Å². The van der Waals surface area contributed by atoms with Crippen LogP contribution in [0.1, 0.15) is 12.8 Å². The van der Waals surface area contributed by atoms with Gasteiger partial charge < -0.3 is 9.29 Å². The summed E-state index contributed by atoms with van der Waals surface area (Å²) in [5, 5.41) is 10.5. The molecule has 0 spiro atoms. The van der Waals surface area contributed by atoms with Crippen LogP contribution in [0.2, 0.25) is 0 Å². The predicted octanol–water partition coefficient (Wildman–Crippen LogP) is 1.40. The maximum absolute atomic E-state index is 12.0. The molecule has 1 aliphatic rings. The molecule has 5 nitrogen and oxygen atoms in total. The SMILES string of the molecule is O=S(=O)(N=C([O-])C(F)(F)F)Oc1ccc([S+]2CCCC2)cc1. The van der Waals surface area contributed by atoms with Gasteiger partial charge in [0, 0.05) is 10.9 Å². The van der Waals surface area contributed by atoms with Crippen LogP contribution in [0.4, 0.5) is 13.2 Å². The van der Waals surface area contributed by atoms with E-state index in [2.05, 4.69) is 8.58 Å². The Morgan fingerprint density at radius 1 is 1.18 bits per heavy atom. The van der Waals surface area contributed by atoms with E-state index in [0.717, 1.165) is 29.2 Å². The first-order valence-electron chi connectivity index (χ1n) is 6.23. The van der Waals surface area contributed by atoms with Gasteiger partial charge in [-0.15, -0.1) is 4.40 Å². The minimum absolute atomic E-state index is 0.126. The Kier molecular flexibility index (Phi) is 4.90. The van der Waals surface area contributed by atoms with Gasteiger partial charge in [-0.05, 0) is 37.1 Å². The summed E-state index contributed by atoms with van der Waals surface area (Å²) in [7, 11) is -4.87. The van der Waals surface area contributed by atoms with Crippen molar-refractivity contribution in [2.75, 3.05) is 11.5 Å². The van der Waals surface area contributed by atoms with Crippen molar-refractivity contribution < 1.29 is 30.9 Å². The summed E-state index contributed by atoms with van der Waals surface area (Å²) >= 11 is 0. The second-order valence-electron chi connectivity index (χ2n) is 4.48. The lowest BCUT2D eigenvalue weighted by Gasteiger charge is -2.13. The molecule has 22 heavy (non-hydrogen) atoms. The molecule has 1 aromatic rings. The van der Waals surface area contributed by atoms with E-state index >= 15 is 0 Å². The van der Waals surface area contributed by atoms with E-state index in [1.807, 2.05) is 0 Å². The minimum Gasteiger partial charge on any atom is -0.855 e. The third-order valence-electron chi connectivity index (χ3n) is 2.83. The van der Waals surface area contributed by atoms with E-state index in [9.17, 15) is 26.7 Å². The zero-order valence-electron chi connectivity index (χ0n) is 11.2. The summed E-state index contributed by atoms with van der Waals surface area (Å²) in [4.78, 5) is 1.05. The van der Waals surface area contributed by atoms with Gasteiger partial charge in [0.1, 0.15) is 17.3 Å². The second-order valence-corrected chi connectivity index (χ2v) is 7.96. The molecule has 122 valence electrons. The number of alkyl halides is 3. The van der Waals surface area contributed by atoms with Crippen LogP contribution < -0.4 is 9.29 Å². The molecular formula is C12H12F3NO4S2. The molecule has 0 aromatic heterocycles. The molecule has 1 aliphatic heterocycles. The lowest BCUT2D eigenvalue weighted by molar-refractivity contribution is -0.262. The molecule has 1 saturated heterocycles. The summed E-state index contributed by atoms with van der Waals surface area (Å²) in [5.41, 5.74) is 0. The first kappa shape index (κ1) is 16.9. The zero-order valence-corrected chi connectivity index (χ0v) is 12.8. The van der Waals surface area contributed by atoms with Crippen LogP contribution >= 0.6 is 0 Å². The van der Waals surface area contributed by atoms with E-state index < -0.39 is 22.4 Å². The van der Waals surface area contributed by atoms with Crippen molar-refractivity contribution in [2.24, 2.45) is 4.40 Å². The van der Waals surface area contributed by atoms with Gasteiger partial charge in [0.05, 0.1) is 5.90 Å². The highest BCUT2D eigenvalue weighted by Gasteiger charge is 2.30. The number of benzene rings is 1. The number of nitrogens with zero attached hydrogens (tertiary/aromatic N) is 1. The molecule has 0 aliphatic carbocycles. The maximum atomic E-state index is 12.0. The van der Waals surface area contributed by atoms with E-state index in [-0.39, 0.29) is 16.6 Å². The average Bonchev–Trinajstić information content (AvgIpc) is 2.91. The highest BCUT2D eigenvalue weighted by atomic mass is 32.2. The molecule has 1 aromatic carbocycles. The quantitative estimate of drug-likeness (QED) is 0.465. The minimum atomic E-state index is -5.36. The van der Waals surface area contributed by atoms with Crippen molar-refractivity contribution in [3.63, 3.8) is 0 Å². The Morgan fingerprint density at radius 3 is 2.23 bits per heavy atom. The molecule has 0 unspecified atom stereocenters. The Bertz CT molecular complexity index is 650. The van der Waals surface area contributed by atoms with Crippen LogP contribution in [0.5, 0.6) is 5.75 Å². The molecule has 1 heterocycles. The summed E-state index contributed by atoms with van der Waals surface area (Å²) in [6, 6.07) is 6.02. The van der Waals surface area contributed by atoms with Gasteiger partial charge in [-0.3, -0.25) is 0 Å². The fraction of sp³-hybridized carbons (Fsp3) is 0.417. The number of hydrogen-bond donors (Lipinski definition) is 0. The number of halogens is 3. The van der Waals surface area contributed by atoms with Crippen LogP contribution in [-0.2, 0) is 21.2 Å². The maximum Gasteiger partial charge on any atom is 0.427 e. The Labute approximate surface area is 128 Å². The highest BCUT2D eigenvalue weighted by Crippen LogP contribution is 2.25. The van der Waals surface area contributed by atoms with Crippen molar-refractivity contribution in [1.29, 1.82) is 0 Å². The molecule has 1 fully saturated rings. The fourth-order valence-electron chi connectivity index (χ4n) is 1.87. The van der Waals surface area contributed by atoms with Gasteiger partial charge in [0.15, 0.2) is 4.90 Å². The molecule has 0 amide bonds. The molecule has 0 N–H and O–H groups in total. The van der Waals surface area contributed by atoms with E-state index in [0.29, 0.717) is 0 Å². The van der Waals surface area contributed by atoms with Crippen molar-refractivity contribution in [3.8, 4) is 5.75 Å². The van der Waals surface area contributed by atoms with Gasteiger partial charge in [0.2, 0.25) is 0 Å². The second kappa shape index (κ2) is 6.37. The summed E-state index contributed by atoms with van der Waals surface area (Å²) < 4.78 is 65.0. The Balaban J connectivity index is 2.09. The molecule has 0 bridgehead atoms. The summed E-state index contributed by atoms with van der Waals surface area (Å²) in [6.07, 6.45) is -3.06. The molecular weight excluding hydrogens is 343 g/mol. The predicted molar refractivity (Wildman–Crippen MR) is 74.1 cm³/mol. The largest absolute Gasteiger partial charge is 0.855 e. The van der Waals surface area contributed by atoms with Gasteiger partial charge in [0.25, 0.3) is 0 Å². The first-order chi connectivity index (χ1) is 10.2. The number of rotatable bonds is 4. The normalized spacial score (nSPS) is 17.7. The van der Waals surface area contributed by atoms with Crippen molar-refractivity contribution in [2.45, 2.75) is 23.9 Å². The molecule has 2 rings (SSSR count). The van der Waals surface area contributed by atoms with Gasteiger partial charge >= 0.3 is 16.5 Å². The van der Waals surface area contributed by atoms with Gasteiger partial charge in [-0.1, -0.05) is 0 Å². The zero-order chi connectivity index (χ0) is 16.4. The lowest BCUT2D eigenvalue weighted by Crippen LogP contribution is -2.36. The van der Waals surface area contributed by atoms with Crippen molar-refractivity contribution in [1.82, 2.24) is 0 Å². The van der Waals surface area contributed by atoms with E-state index in [1.165, 1.54) is 12.1 Å². The van der Waals surface area contributed by atoms with Crippen molar-refractivity contribution >= 4 is 27.1 Å². The smallest absolute Gasteiger partial charge is 0.427 e.